The van der Waals surface area contributed by atoms with Gasteiger partial charge in [-0.1, -0.05) is 65.8 Å². The second-order valence-corrected chi connectivity index (χ2v) is 8.56. The molecule has 1 aromatic heterocycles. The largest absolute Gasteiger partial charge is 0.484 e. The van der Waals surface area contributed by atoms with Crippen LogP contribution >= 0.6 is 23.4 Å². The van der Waals surface area contributed by atoms with Crippen molar-refractivity contribution in [3.8, 4) is 5.75 Å². The number of nitrogens with one attached hydrogen (secondary N) is 1. The van der Waals surface area contributed by atoms with Gasteiger partial charge in [-0.2, -0.15) is 0 Å². The quantitative estimate of drug-likeness (QED) is 0.328. The van der Waals surface area contributed by atoms with Gasteiger partial charge in [0, 0.05) is 12.7 Å². The van der Waals surface area contributed by atoms with Crippen molar-refractivity contribution < 1.29 is 13.9 Å². The van der Waals surface area contributed by atoms with Crippen molar-refractivity contribution in [3.05, 3.63) is 101 Å². The van der Waals surface area contributed by atoms with Gasteiger partial charge < -0.3 is 14.6 Å². The predicted octanol–water partition coefficient (Wildman–Crippen LogP) is 5.66. The van der Waals surface area contributed by atoms with Crippen LogP contribution in [0.2, 0.25) is 5.02 Å². The van der Waals surface area contributed by atoms with E-state index in [9.17, 15) is 9.18 Å². The molecule has 1 N–H and O–H groups in total. The summed E-state index contributed by atoms with van der Waals surface area (Å²) in [5, 5.41) is 11.8. The average Bonchev–Trinajstić information content (AvgIpc) is 3.18. The Balaban J connectivity index is 1.52. The lowest BCUT2D eigenvalue weighted by molar-refractivity contribution is -0.115. The fourth-order valence-electron chi connectivity index (χ4n) is 3.02. The number of rotatable bonds is 8. The molecule has 1 heterocycles. The Morgan fingerprint density at radius 1 is 1.06 bits per heavy atom. The first kappa shape index (κ1) is 22.8. The number of ether oxygens (including phenoxy) is 1. The summed E-state index contributed by atoms with van der Waals surface area (Å²) in [7, 11) is 1.81. The lowest BCUT2D eigenvalue weighted by atomic mass is 10.1. The molecule has 4 rings (SSSR count). The molecule has 0 aliphatic carbocycles. The van der Waals surface area contributed by atoms with Gasteiger partial charge in [-0.3, -0.25) is 4.79 Å². The number of anilines is 1. The second-order valence-electron chi connectivity index (χ2n) is 7.08. The van der Waals surface area contributed by atoms with Gasteiger partial charge in [0.1, 0.15) is 23.4 Å². The molecule has 3 aromatic carbocycles. The Morgan fingerprint density at radius 2 is 1.76 bits per heavy atom. The summed E-state index contributed by atoms with van der Waals surface area (Å²) in [6.45, 7) is 0.172. The minimum atomic E-state index is -0.600. The number of thioether (sulfide) groups is 1. The maximum Gasteiger partial charge on any atom is 0.242 e. The van der Waals surface area contributed by atoms with E-state index < -0.39 is 5.25 Å². The minimum Gasteiger partial charge on any atom is -0.484 e. The molecule has 33 heavy (non-hydrogen) atoms. The summed E-state index contributed by atoms with van der Waals surface area (Å²) in [6, 6.07) is 22.2. The summed E-state index contributed by atoms with van der Waals surface area (Å²) in [5.74, 6) is 0.516. The zero-order chi connectivity index (χ0) is 23.2. The van der Waals surface area contributed by atoms with Crippen LogP contribution in [0.5, 0.6) is 5.75 Å². The third kappa shape index (κ3) is 5.71. The number of carbonyl (C=O) groups excluding carboxylic acids is 1. The summed E-state index contributed by atoms with van der Waals surface area (Å²) in [6.07, 6.45) is 0. The van der Waals surface area contributed by atoms with Crippen molar-refractivity contribution in [3.63, 3.8) is 0 Å². The normalized spacial score (nSPS) is 11.7. The fraction of sp³-hybridized carbons (Fsp3) is 0.125. The summed E-state index contributed by atoms with van der Waals surface area (Å²) < 4.78 is 20.8. The molecule has 0 bridgehead atoms. The van der Waals surface area contributed by atoms with Gasteiger partial charge in [0.25, 0.3) is 0 Å². The highest BCUT2D eigenvalue weighted by Gasteiger charge is 2.25. The number of nitrogens with zero attached hydrogens (tertiary/aromatic N) is 3. The van der Waals surface area contributed by atoms with Crippen LogP contribution in [-0.2, 0) is 18.4 Å². The number of hydrogen-bond donors (Lipinski definition) is 1. The molecule has 0 radical (unpaired) electrons. The molecule has 0 saturated heterocycles. The zero-order valence-corrected chi connectivity index (χ0v) is 19.2. The van der Waals surface area contributed by atoms with Gasteiger partial charge in [0.05, 0.1) is 5.02 Å². The summed E-state index contributed by atoms with van der Waals surface area (Å²) in [5.41, 5.74) is 1.31. The third-order valence-corrected chi connectivity index (χ3v) is 6.39. The molecule has 0 spiro atoms. The number of aromatic nitrogens is 3. The Bertz CT molecular complexity index is 1230. The maximum absolute atomic E-state index is 13.2. The minimum absolute atomic E-state index is 0.172. The molecule has 1 atom stereocenters. The van der Waals surface area contributed by atoms with Crippen LogP contribution in [0.1, 0.15) is 16.6 Å². The van der Waals surface area contributed by atoms with E-state index in [1.807, 2.05) is 49.5 Å². The van der Waals surface area contributed by atoms with E-state index in [1.165, 1.54) is 36.0 Å². The van der Waals surface area contributed by atoms with Crippen LogP contribution in [0.4, 0.5) is 10.1 Å². The van der Waals surface area contributed by atoms with Gasteiger partial charge in [0.2, 0.25) is 5.91 Å². The smallest absolute Gasteiger partial charge is 0.242 e. The van der Waals surface area contributed by atoms with Crippen LogP contribution in [0.25, 0.3) is 0 Å². The molecular formula is C24H20ClFN4O2S. The molecule has 0 fully saturated rings. The SMILES string of the molecule is Cn1c(COc2ccccc2Cl)nnc1S[C@@H](C(=O)Nc1ccc(F)cc1)c1ccccc1. The first-order chi connectivity index (χ1) is 16.0. The molecule has 0 aliphatic heterocycles. The van der Waals surface area contributed by atoms with Crippen LogP contribution in [0.15, 0.2) is 84.0 Å². The van der Waals surface area contributed by atoms with E-state index in [4.69, 9.17) is 16.3 Å². The topological polar surface area (TPSA) is 69.0 Å². The van der Waals surface area contributed by atoms with Crippen LogP contribution in [0, 0.1) is 5.82 Å². The fourth-order valence-corrected chi connectivity index (χ4v) is 4.24. The van der Waals surface area contributed by atoms with E-state index in [0.717, 1.165) is 5.56 Å². The third-order valence-electron chi connectivity index (χ3n) is 4.79. The van der Waals surface area contributed by atoms with E-state index >= 15 is 0 Å². The number of carbonyl (C=O) groups is 1. The summed E-state index contributed by atoms with van der Waals surface area (Å²) >= 11 is 7.41. The number of para-hydroxylation sites is 1. The molecule has 0 saturated carbocycles. The highest BCUT2D eigenvalue weighted by Crippen LogP contribution is 2.35. The number of hydrogen-bond acceptors (Lipinski definition) is 5. The highest BCUT2D eigenvalue weighted by atomic mass is 35.5. The predicted molar refractivity (Wildman–Crippen MR) is 127 cm³/mol. The zero-order valence-electron chi connectivity index (χ0n) is 17.6. The van der Waals surface area contributed by atoms with Gasteiger partial charge in [-0.15, -0.1) is 10.2 Å². The number of amides is 1. The molecule has 6 nitrogen and oxygen atoms in total. The monoisotopic (exact) mass is 482 g/mol. The maximum atomic E-state index is 13.2. The van der Waals surface area contributed by atoms with Gasteiger partial charge >= 0.3 is 0 Å². The molecule has 4 aromatic rings. The van der Waals surface area contributed by atoms with Crippen LogP contribution in [0.3, 0.4) is 0 Å². The van der Waals surface area contributed by atoms with Gasteiger partial charge in [0.15, 0.2) is 11.0 Å². The number of benzene rings is 3. The van der Waals surface area contributed by atoms with E-state index in [-0.39, 0.29) is 18.3 Å². The first-order valence-electron chi connectivity index (χ1n) is 10.0. The second kappa shape index (κ2) is 10.5. The first-order valence-corrected chi connectivity index (χ1v) is 11.3. The molecule has 9 heteroatoms. The Kier molecular flexibility index (Phi) is 7.26. The van der Waals surface area contributed by atoms with E-state index in [2.05, 4.69) is 15.5 Å². The van der Waals surface area contributed by atoms with Crippen molar-refractivity contribution >= 4 is 35.0 Å². The van der Waals surface area contributed by atoms with E-state index in [0.29, 0.717) is 27.4 Å². The molecule has 0 aliphatic rings. The summed E-state index contributed by atoms with van der Waals surface area (Å²) in [4.78, 5) is 13.1. The lowest BCUT2D eigenvalue weighted by Crippen LogP contribution is -2.19. The Hall–Kier alpha value is -3.36. The molecule has 1 amide bonds. The van der Waals surface area contributed by atoms with Gasteiger partial charge in [-0.05, 0) is 42.0 Å². The molecule has 0 unspecified atom stereocenters. The Morgan fingerprint density at radius 3 is 2.48 bits per heavy atom. The highest BCUT2D eigenvalue weighted by molar-refractivity contribution is 8.00. The lowest BCUT2D eigenvalue weighted by Gasteiger charge is -2.16. The van der Waals surface area contributed by atoms with Crippen molar-refractivity contribution in [2.75, 3.05) is 5.32 Å². The van der Waals surface area contributed by atoms with Gasteiger partial charge in [-0.25, -0.2) is 4.39 Å². The van der Waals surface area contributed by atoms with Crippen molar-refractivity contribution in [2.24, 2.45) is 7.05 Å². The van der Waals surface area contributed by atoms with E-state index in [1.54, 1.807) is 16.7 Å². The average molecular weight is 483 g/mol. The van der Waals surface area contributed by atoms with Crippen molar-refractivity contribution in [2.45, 2.75) is 17.0 Å². The molecular weight excluding hydrogens is 463 g/mol. The Labute approximate surface area is 199 Å². The number of halogens is 2. The standard InChI is InChI=1S/C24H20ClFN4O2S/c1-30-21(15-32-20-10-6-5-9-19(20)25)28-29-24(30)33-22(16-7-3-2-4-8-16)23(31)27-18-13-11-17(26)12-14-18/h2-14,22H,15H2,1H3,(H,27,31)/t22-/m1/s1. The van der Waals surface area contributed by atoms with Crippen LogP contribution < -0.4 is 10.1 Å². The molecule has 168 valence electrons. The van der Waals surface area contributed by atoms with Crippen molar-refractivity contribution in [1.82, 2.24) is 14.8 Å². The van der Waals surface area contributed by atoms with Crippen LogP contribution in [-0.4, -0.2) is 20.7 Å². The van der Waals surface area contributed by atoms with Crippen molar-refractivity contribution in [1.29, 1.82) is 0 Å².